The number of non-ortho nitro benzene ring substituents is 1. The Morgan fingerprint density at radius 2 is 1.82 bits per heavy atom. The molecule has 1 N–H and O–H groups in total. The highest BCUT2D eigenvalue weighted by Crippen LogP contribution is 2.18. The monoisotopic (exact) mass is 385 g/mol. The number of carbonyl (C=O) groups excluding carboxylic acids is 1. The second-order valence-electron chi connectivity index (χ2n) is 6.02. The molecule has 0 aliphatic heterocycles. The Bertz CT molecular complexity index is 804. The van der Waals surface area contributed by atoms with Gasteiger partial charge in [-0.05, 0) is 55.3 Å². The molecule has 0 spiro atoms. The molecule has 1 atom stereocenters. The molecule has 8 heteroatoms. The number of unbranched alkanes of at least 4 members (excludes halogenated alkanes) is 1. The summed E-state index contributed by atoms with van der Waals surface area (Å²) in [5.74, 6) is 0.713. The number of hydrogen-bond donors (Lipinski definition) is 1. The largest absolute Gasteiger partial charge is 0.494 e. The predicted octanol–water partition coefficient (Wildman–Crippen LogP) is 3.69. The summed E-state index contributed by atoms with van der Waals surface area (Å²) in [6.07, 6.45) is 2.80. The van der Waals surface area contributed by atoms with Crippen molar-refractivity contribution in [2.75, 3.05) is 6.61 Å². The molecular formula is C20H23N3O5. The van der Waals surface area contributed by atoms with Crippen LogP contribution in [0.3, 0.4) is 0 Å². The second kappa shape index (κ2) is 10.7. The maximum atomic E-state index is 12.0. The summed E-state index contributed by atoms with van der Waals surface area (Å²) in [5.41, 5.74) is 3.17. The van der Waals surface area contributed by atoms with Crippen molar-refractivity contribution >= 4 is 17.8 Å². The van der Waals surface area contributed by atoms with Crippen LogP contribution in [0.5, 0.6) is 11.5 Å². The van der Waals surface area contributed by atoms with Crippen LogP contribution < -0.4 is 14.9 Å². The summed E-state index contributed by atoms with van der Waals surface area (Å²) >= 11 is 0. The van der Waals surface area contributed by atoms with Gasteiger partial charge in [-0.2, -0.15) is 5.10 Å². The topological polar surface area (TPSA) is 103 Å². The van der Waals surface area contributed by atoms with Gasteiger partial charge in [-0.3, -0.25) is 14.9 Å². The number of ether oxygens (including phenoxy) is 2. The van der Waals surface area contributed by atoms with Gasteiger partial charge in [0.15, 0.2) is 6.10 Å². The summed E-state index contributed by atoms with van der Waals surface area (Å²) in [5, 5.41) is 14.5. The van der Waals surface area contributed by atoms with Crippen molar-refractivity contribution in [3.63, 3.8) is 0 Å². The number of amides is 1. The molecule has 0 aliphatic rings. The van der Waals surface area contributed by atoms with E-state index < -0.39 is 16.9 Å². The first-order valence-electron chi connectivity index (χ1n) is 8.96. The minimum absolute atomic E-state index is 0.0455. The van der Waals surface area contributed by atoms with Crippen molar-refractivity contribution < 1.29 is 19.2 Å². The van der Waals surface area contributed by atoms with E-state index >= 15 is 0 Å². The summed E-state index contributed by atoms with van der Waals surface area (Å²) in [4.78, 5) is 22.2. The van der Waals surface area contributed by atoms with E-state index in [2.05, 4.69) is 17.5 Å². The molecular weight excluding hydrogens is 362 g/mol. The number of nitro groups is 1. The summed E-state index contributed by atoms with van der Waals surface area (Å²) in [6.45, 7) is 4.36. The molecule has 1 unspecified atom stereocenters. The van der Waals surface area contributed by atoms with Crippen LogP contribution in [0.1, 0.15) is 32.3 Å². The minimum Gasteiger partial charge on any atom is -0.494 e. The lowest BCUT2D eigenvalue weighted by Crippen LogP contribution is -2.33. The fourth-order valence-corrected chi connectivity index (χ4v) is 2.15. The van der Waals surface area contributed by atoms with Gasteiger partial charge in [0.05, 0.1) is 17.7 Å². The Kier molecular flexibility index (Phi) is 7.95. The van der Waals surface area contributed by atoms with Crippen LogP contribution in [0.2, 0.25) is 0 Å². The van der Waals surface area contributed by atoms with Gasteiger partial charge >= 0.3 is 0 Å². The van der Waals surface area contributed by atoms with Crippen LogP contribution in [0.25, 0.3) is 0 Å². The maximum absolute atomic E-state index is 12.0. The molecule has 0 saturated heterocycles. The molecule has 0 aliphatic carbocycles. The zero-order valence-electron chi connectivity index (χ0n) is 15.8. The zero-order valence-corrected chi connectivity index (χ0v) is 15.8. The molecule has 0 fully saturated rings. The zero-order chi connectivity index (χ0) is 20.4. The van der Waals surface area contributed by atoms with Crippen LogP contribution in [0.15, 0.2) is 53.6 Å². The van der Waals surface area contributed by atoms with Crippen molar-refractivity contribution in [2.45, 2.75) is 32.8 Å². The van der Waals surface area contributed by atoms with E-state index in [4.69, 9.17) is 9.47 Å². The first-order valence-corrected chi connectivity index (χ1v) is 8.96. The Labute approximate surface area is 163 Å². The van der Waals surface area contributed by atoms with E-state index in [0.29, 0.717) is 12.4 Å². The number of hydrazone groups is 1. The normalized spacial score (nSPS) is 11.8. The fourth-order valence-electron chi connectivity index (χ4n) is 2.15. The molecule has 2 aromatic rings. The van der Waals surface area contributed by atoms with E-state index in [1.165, 1.54) is 30.5 Å². The summed E-state index contributed by atoms with van der Waals surface area (Å²) in [7, 11) is 0. The van der Waals surface area contributed by atoms with Gasteiger partial charge in [-0.1, -0.05) is 13.3 Å². The summed E-state index contributed by atoms with van der Waals surface area (Å²) in [6, 6.07) is 12.9. The fraction of sp³-hybridized carbons (Fsp3) is 0.300. The van der Waals surface area contributed by atoms with Crippen LogP contribution >= 0.6 is 0 Å². The Morgan fingerprint density at radius 1 is 1.18 bits per heavy atom. The third-order valence-electron chi connectivity index (χ3n) is 3.76. The number of hydrogen-bond acceptors (Lipinski definition) is 6. The molecule has 8 nitrogen and oxygen atoms in total. The van der Waals surface area contributed by atoms with E-state index in [1.807, 2.05) is 24.3 Å². The van der Waals surface area contributed by atoms with Crippen LogP contribution in [-0.2, 0) is 4.79 Å². The SMILES string of the molecule is CCCCOc1ccc(C=NNC(=O)C(C)Oc2ccc([N+](=O)[O-])cc2)cc1. The molecule has 0 heterocycles. The number of rotatable bonds is 10. The van der Waals surface area contributed by atoms with Gasteiger partial charge in [-0.25, -0.2) is 5.43 Å². The van der Waals surface area contributed by atoms with E-state index in [1.54, 1.807) is 6.92 Å². The standard InChI is InChI=1S/C20H23N3O5/c1-3-4-13-27-18-9-5-16(6-10-18)14-21-22-20(24)15(2)28-19-11-7-17(8-12-19)23(25)26/h5-12,14-15H,3-4,13H2,1-2H3,(H,22,24). The van der Waals surface area contributed by atoms with Crippen molar-refractivity contribution in [3.05, 3.63) is 64.2 Å². The third-order valence-corrected chi connectivity index (χ3v) is 3.76. The van der Waals surface area contributed by atoms with Gasteiger partial charge in [0.2, 0.25) is 0 Å². The van der Waals surface area contributed by atoms with Gasteiger partial charge in [-0.15, -0.1) is 0 Å². The molecule has 0 saturated carbocycles. The van der Waals surface area contributed by atoms with E-state index in [-0.39, 0.29) is 5.69 Å². The van der Waals surface area contributed by atoms with Crippen LogP contribution in [0, 0.1) is 10.1 Å². The van der Waals surface area contributed by atoms with Crippen molar-refractivity contribution in [2.24, 2.45) is 5.10 Å². The second-order valence-corrected chi connectivity index (χ2v) is 6.02. The molecule has 0 bridgehead atoms. The molecule has 0 radical (unpaired) electrons. The van der Waals surface area contributed by atoms with E-state index in [9.17, 15) is 14.9 Å². The van der Waals surface area contributed by atoms with Gasteiger partial charge in [0.1, 0.15) is 11.5 Å². The third kappa shape index (κ3) is 6.71. The first kappa shape index (κ1) is 20.9. The molecule has 2 rings (SSSR count). The van der Waals surface area contributed by atoms with Gasteiger partial charge in [0.25, 0.3) is 11.6 Å². The highest BCUT2D eigenvalue weighted by Gasteiger charge is 2.14. The molecule has 2 aromatic carbocycles. The first-order chi connectivity index (χ1) is 13.5. The quantitative estimate of drug-likeness (QED) is 0.291. The maximum Gasteiger partial charge on any atom is 0.280 e. The molecule has 0 aromatic heterocycles. The Balaban J connectivity index is 1.80. The lowest BCUT2D eigenvalue weighted by atomic mass is 10.2. The average Bonchev–Trinajstić information content (AvgIpc) is 2.69. The van der Waals surface area contributed by atoms with Crippen molar-refractivity contribution in [1.29, 1.82) is 0 Å². The number of carbonyl (C=O) groups is 1. The average molecular weight is 385 g/mol. The van der Waals surface area contributed by atoms with Crippen molar-refractivity contribution in [1.82, 2.24) is 5.43 Å². The number of nitrogens with zero attached hydrogens (tertiary/aromatic N) is 2. The molecule has 28 heavy (non-hydrogen) atoms. The number of nitro benzene ring substituents is 1. The Morgan fingerprint density at radius 3 is 2.43 bits per heavy atom. The minimum atomic E-state index is -0.812. The Hall–Kier alpha value is -3.42. The molecule has 1 amide bonds. The smallest absolute Gasteiger partial charge is 0.280 e. The van der Waals surface area contributed by atoms with Crippen LogP contribution in [0.4, 0.5) is 5.69 Å². The van der Waals surface area contributed by atoms with Crippen molar-refractivity contribution in [3.8, 4) is 11.5 Å². The number of benzene rings is 2. The summed E-state index contributed by atoms with van der Waals surface area (Å²) < 4.78 is 11.0. The van der Waals surface area contributed by atoms with Crippen LogP contribution in [-0.4, -0.2) is 29.8 Å². The highest BCUT2D eigenvalue weighted by atomic mass is 16.6. The van der Waals surface area contributed by atoms with Gasteiger partial charge in [0, 0.05) is 12.1 Å². The number of nitrogens with one attached hydrogen (secondary N) is 1. The lowest BCUT2D eigenvalue weighted by molar-refractivity contribution is -0.384. The lowest BCUT2D eigenvalue weighted by Gasteiger charge is -2.12. The predicted molar refractivity (Wildman–Crippen MR) is 106 cm³/mol. The van der Waals surface area contributed by atoms with Gasteiger partial charge < -0.3 is 9.47 Å². The van der Waals surface area contributed by atoms with E-state index in [0.717, 1.165) is 24.2 Å². The molecule has 148 valence electrons. The highest BCUT2D eigenvalue weighted by molar-refractivity contribution is 5.84.